The van der Waals surface area contributed by atoms with Crippen molar-refractivity contribution in [2.24, 2.45) is 0 Å². The van der Waals surface area contributed by atoms with Crippen molar-refractivity contribution >= 4 is 77.8 Å². The minimum atomic E-state index is -0.226. The fraction of sp³-hybridized carbons (Fsp3) is 0.0588. The fourth-order valence-electron chi connectivity index (χ4n) is 2.26. The Bertz CT molecular complexity index is 898. The number of rotatable bonds is 3. The number of halogens is 2. The van der Waals surface area contributed by atoms with Gasteiger partial charge < -0.3 is 9.84 Å². The zero-order valence-electron chi connectivity index (χ0n) is 12.8. The standard InChI is InChI=1S/C17H11Br2NO3S2/c1-23-12-4-2-11(3-5-12)20-16(22)14(25-17(20)24)7-9-6-10(18)8-13(19)15(9)21/h2-8,21H,1H3/b14-7+. The predicted molar refractivity (Wildman–Crippen MR) is 112 cm³/mol. The smallest absolute Gasteiger partial charge is 0.270 e. The number of aromatic hydroxyl groups is 1. The highest BCUT2D eigenvalue weighted by Crippen LogP contribution is 2.39. The van der Waals surface area contributed by atoms with Gasteiger partial charge in [-0.15, -0.1) is 0 Å². The van der Waals surface area contributed by atoms with Crippen LogP contribution in [0, 0.1) is 0 Å². The maximum absolute atomic E-state index is 12.8. The maximum Gasteiger partial charge on any atom is 0.270 e. The minimum Gasteiger partial charge on any atom is -0.506 e. The molecule has 0 unspecified atom stereocenters. The van der Waals surface area contributed by atoms with Crippen LogP contribution in [0.5, 0.6) is 11.5 Å². The molecule has 1 heterocycles. The van der Waals surface area contributed by atoms with Gasteiger partial charge in [0.25, 0.3) is 5.91 Å². The molecule has 1 N–H and O–H groups in total. The Morgan fingerprint density at radius 1 is 1.24 bits per heavy atom. The van der Waals surface area contributed by atoms with Gasteiger partial charge in [0.05, 0.1) is 22.2 Å². The molecule has 1 amide bonds. The van der Waals surface area contributed by atoms with E-state index in [0.717, 1.165) is 4.47 Å². The summed E-state index contributed by atoms with van der Waals surface area (Å²) < 4.78 is 6.90. The molecule has 8 heteroatoms. The highest BCUT2D eigenvalue weighted by atomic mass is 79.9. The third-order valence-corrected chi connectivity index (χ3v) is 5.83. The summed E-state index contributed by atoms with van der Waals surface area (Å²) in [7, 11) is 1.58. The van der Waals surface area contributed by atoms with E-state index in [9.17, 15) is 9.90 Å². The minimum absolute atomic E-state index is 0.0675. The second kappa shape index (κ2) is 7.49. The van der Waals surface area contributed by atoms with Crippen LogP contribution in [-0.4, -0.2) is 22.4 Å². The number of methoxy groups -OCH3 is 1. The van der Waals surface area contributed by atoms with Gasteiger partial charge in [-0.05, 0) is 58.4 Å². The van der Waals surface area contributed by atoms with E-state index in [1.165, 1.54) is 16.7 Å². The van der Waals surface area contributed by atoms with Crippen molar-refractivity contribution in [3.05, 3.63) is 55.8 Å². The predicted octanol–water partition coefficient (Wildman–Crippen LogP) is 5.33. The summed E-state index contributed by atoms with van der Waals surface area (Å²) in [6.07, 6.45) is 1.63. The van der Waals surface area contributed by atoms with Gasteiger partial charge in [-0.25, -0.2) is 0 Å². The van der Waals surface area contributed by atoms with Crippen molar-refractivity contribution < 1.29 is 14.6 Å². The van der Waals surface area contributed by atoms with Crippen molar-refractivity contribution in [3.8, 4) is 11.5 Å². The zero-order chi connectivity index (χ0) is 18.1. The van der Waals surface area contributed by atoms with Gasteiger partial charge >= 0.3 is 0 Å². The van der Waals surface area contributed by atoms with Crippen LogP contribution in [-0.2, 0) is 4.79 Å². The number of phenolic OH excluding ortho intramolecular Hbond substituents is 1. The van der Waals surface area contributed by atoms with E-state index < -0.39 is 0 Å². The second-order valence-electron chi connectivity index (χ2n) is 5.04. The summed E-state index contributed by atoms with van der Waals surface area (Å²) in [5.74, 6) is 0.544. The van der Waals surface area contributed by atoms with Gasteiger partial charge in [-0.2, -0.15) is 0 Å². The molecule has 2 aromatic carbocycles. The molecule has 0 spiro atoms. The fourth-order valence-corrected chi connectivity index (χ4v) is 4.81. The number of hydrogen-bond acceptors (Lipinski definition) is 5. The van der Waals surface area contributed by atoms with Crippen LogP contribution in [0.3, 0.4) is 0 Å². The molecule has 0 saturated carbocycles. The first-order chi connectivity index (χ1) is 11.9. The molecule has 25 heavy (non-hydrogen) atoms. The number of nitrogens with zero attached hydrogens (tertiary/aromatic N) is 1. The van der Waals surface area contributed by atoms with Crippen LogP contribution in [0.4, 0.5) is 5.69 Å². The molecule has 0 bridgehead atoms. The van der Waals surface area contributed by atoms with E-state index in [1.807, 2.05) is 0 Å². The van der Waals surface area contributed by atoms with Gasteiger partial charge in [-0.1, -0.05) is 39.9 Å². The summed E-state index contributed by atoms with van der Waals surface area (Å²) in [6.45, 7) is 0. The van der Waals surface area contributed by atoms with Gasteiger partial charge in [0, 0.05) is 10.0 Å². The Labute approximate surface area is 171 Å². The van der Waals surface area contributed by atoms with Crippen LogP contribution >= 0.6 is 55.8 Å². The SMILES string of the molecule is COc1ccc(N2C(=O)/C(=C\c3cc(Br)cc(Br)c3O)SC2=S)cc1. The molecule has 2 aromatic rings. The molecule has 1 saturated heterocycles. The molecule has 1 fully saturated rings. The molecule has 1 aliphatic heterocycles. The van der Waals surface area contributed by atoms with Gasteiger partial charge in [0.1, 0.15) is 11.5 Å². The summed E-state index contributed by atoms with van der Waals surface area (Å²) in [6, 6.07) is 10.6. The van der Waals surface area contributed by atoms with Crippen LogP contribution in [0.2, 0.25) is 0 Å². The topological polar surface area (TPSA) is 49.8 Å². The van der Waals surface area contributed by atoms with E-state index >= 15 is 0 Å². The van der Waals surface area contributed by atoms with Crippen LogP contribution in [0.15, 0.2) is 50.2 Å². The highest BCUT2D eigenvalue weighted by Gasteiger charge is 2.33. The number of phenols is 1. The van der Waals surface area contributed by atoms with Crippen LogP contribution in [0.1, 0.15) is 5.56 Å². The molecule has 0 radical (unpaired) electrons. The Morgan fingerprint density at radius 3 is 2.56 bits per heavy atom. The Morgan fingerprint density at radius 2 is 1.92 bits per heavy atom. The molecule has 3 rings (SSSR count). The molecule has 1 aliphatic rings. The number of carbonyl (C=O) groups excluding carboxylic acids is 1. The van der Waals surface area contributed by atoms with Crippen LogP contribution in [0.25, 0.3) is 6.08 Å². The monoisotopic (exact) mass is 499 g/mol. The summed E-state index contributed by atoms with van der Waals surface area (Å²) >= 11 is 13.2. The third kappa shape index (κ3) is 3.76. The van der Waals surface area contributed by atoms with Crippen LogP contribution < -0.4 is 9.64 Å². The van der Waals surface area contributed by atoms with E-state index in [-0.39, 0.29) is 11.7 Å². The number of benzene rings is 2. The number of hydrogen-bond donors (Lipinski definition) is 1. The second-order valence-corrected chi connectivity index (χ2v) is 8.49. The molecular formula is C17H11Br2NO3S2. The average Bonchev–Trinajstić information content (AvgIpc) is 2.86. The number of thiocarbonyl (C=S) groups is 1. The third-order valence-electron chi connectivity index (χ3n) is 3.47. The van der Waals surface area contributed by atoms with Crippen molar-refractivity contribution in [1.29, 1.82) is 0 Å². The molecular weight excluding hydrogens is 490 g/mol. The molecule has 128 valence electrons. The lowest BCUT2D eigenvalue weighted by molar-refractivity contribution is -0.113. The van der Waals surface area contributed by atoms with Gasteiger partial charge in [-0.3, -0.25) is 9.69 Å². The average molecular weight is 501 g/mol. The summed E-state index contributed by atoms with van der Waals surface area (Å²) in [5, 5.41) is 10.2. The number of anilines is 1. The largest absolute Gasteiger partial charge is 0.506 e. The van der Waals surface area contributed by atoms with E-state index in [0.29, 0.717) is 30.7 Å². The van der Waals surface area contributed by atoms with Crippen molar-refractivity contribution in [2.75, 3.05) is 12.0 Å². The lowest BCUT2D eigenvalue weighted by Gasteiger charge is -2.14. The number of carbonyl (C=O) groups is 1. The normalized spacial score (nSPS) is 16.0. The van der Waals surface area contributed by atoms with Crippen molar-refractivity contribution in [1.82, 2.24) is 0 Å². The first kappa shape index (κ1) is 18.4. The van der Waals surface area contributed by atoms with E-state index in [1.54, 1.807) is 49.6 Å². The Balaban J connectivity index is 1.96. The van der Waals surface area contributed by atoms with E-state index in [4.69, 9.17) is 17.0 Å². The van der Waals surface area contributed by atoms with Gasteiger partial charge in [0.2, 0.25) is 0 Å². The van der Waals surface area contributed by atoms with Crippen molar-refractivity contribution in [3.63, 3.8) is 0 Å². The van der Waals surface area contributed by atoms with E-state index in [2.05, 4.69) is 31.9 Å². The Hall–Kier alpha value is -1.35. The maximum atomic E-state index is 12.8. The quantitative estimate of drug-likeness (QED) is 0.455. The lowest BCUT2D eigenvalue weighted by atomic mass is 10.2. The first-order valence-electron chi connectivity index (χ1n) is 7.00. The number of thioether (sulfide) groups is 1. The van der Waals surface area contributed by atoms with Crippen molar-refractivity contribution in [2.45, 2.75) is 0 Å². The number of amides is 1. The molecule has 4 nitrogen and oxygen atoms in total. The first-order valence-corrected chi connectivity index (χ1v) is 9.82. The zero-order valence-corrected chi connectivity index (χ0v) is 17.6. The molecule has 0 atom stereocenters. The highest BCUT2D eigenvalue weighted by molar-refractivity contribution is 9.11. The lowest BCUT2D eigenvalue weighted by Crippen LogP contribution is -2.27. The molecule has 0 aliphatic carbocycles. The van der Waals surface area contributed by atoms with Gasteiger partial charge in [0.15, 0.2) is 4.32 Å². The summed E-state index contributed by atoms with van der Waals surface area (Å²) in [5.41, 5.74) is 1.20. The Kier molecular flexibility index (Phi) is 5.52. The summed E-state index contributed by atoms with van der Waals surface area (Å²) in [4.78, 5) is 14.7. The molecule has 0 aromatic heterocycles. The number of ether oxygens (including phenoxy) is 1.